The van der Waals surface area contributed by atoms with Gasteiger partial charge in [0.05, 0.1) is 19.8 Å². The number of methoxy groups -OCH3 is 2. The van der Waals surface area contributed by atoms with E-state index < -0.39 is 0 Å². The number of furan rings is 1. The molecule has 3 rings (SSSR count). The van der Waals surface area contributed by atoms with Crippen molar-refractivity contribution in [3.63, 3.8) is 0 Å². The van der Waals surface area contributed by atoms with Crippen LogP contribution in [0.15, 0.2) is 33.7 Å². The van der Waals surface area contributed by atoms with E-state index in [0.29, 0.717) is 30.2 Å². The number of amides is 1. The number of hydrogen-bond donors (Lipinski definition) is 1. The zero-order valence-electron chi connectivity index (χ0n) is 15.7. The lowest BCUT2D eigenvalue weighted by molar-refractivity contribution is 0.0954. The summed E-state index contributed by atoms with van der Waals surface area (Å²) in [6.45, 7) is 2.00. The normalized spacial score (nSPS) is 10.8. The molecule has 0 atom stereocenters. The third-order valence-electron chi connectivity index (χ3n) is 4.34. The first-order valence-electron chi connectivity index (χ1n) is 8.40. The van der Waals surface area contributed by atoms with Crippen LogP contribution in [0.2, 0.25) is 0 Å². The van der Waals surface area contributed by atoms with Crippen molar-refractivity contribution in [3.8, 4) is 11.5 Å². The Morgan fingerprint density at radius 1 is 1.30 bits per heavy atom. The molecule has 0 aliphatic rings. The smallest absolute Gasteiger partial charge is 0.265 e. The fourth-order valence-corrected chi connectivity index (χ4v) is 2.94. The van der Waals surface area contributed by atoms with Crippen molar-refractivity contribution in [2.24, 2.45) is 7.05 Å². The third kappa shape index (κ3) is 3.51. The van der Waals surface area contributed by atoms with Crippen LogP contribution in [0.5, 0.6) is 11.5 Å². The summed E-state index contributed by atoms with van der Waals surface area (Å²) in [5.41, 5.74) is 0.964. The monoisotopic (exact) mass is 371 g/mol. The van der Waals surface area contributed by atoms with Crippen molar-refractivity contribution in [1.29, 1.82) is 0 Å². The van der Waals surface area contributed by atoms with Crippen LogP contribution in [0.3, 0.4) is 0 Å². The van der Waals surface area contributed by atoms with Crippen LogP contribution in [0, 0.1) is 6.92 Å². The van der Waals surface area contributed by atoms with Gasteiger partial charge < -0.3 is 23.8 Å². The number of carbonyl (C=O) groups is 1. The molecule has 27 heavy (non-hydrogen) atoms. The SMILES string of the molecule is COc1ccc(OC)c(CCNC(=O)c2c(C)oc3ncn(C)c(=O)c23)c1. The average molecular weight is 371 g/mol. The maximum absolute atomic E-state index is 12.7. The van der Waals surface area contributed by atoms with Crippen molar-refractivity contribution in [2.45, 2.75) is 13.3 Å². The van der Waals surface area contributed by atoms with Gasteiger partial charge >= 0.3 is 0 Å². The predicted molar refractivity (Wildman–Crippen MR) is 99.6 cm³/mol. The molecule has 0 saturated carbocycles. The molecule has 0 aliphatic carbocycles. The quantitative estimate of drug-likeness (QED) is 0.710. The molecule has 0 fully saturated rings. The molecule has 0 saturated heterocycles. The van der Waals surface area contributed by atoms with E-state index in [-0.39, 0.29) is 28.1 Å². The largest absolute Gasteiger partial charge is 0.497 e. The van der Waals surface area contributed by atoms with E-state index in [0.717, 1.165) is 5.56 Å². The number of nitrogens with zero attached hydrogens (tertiary/aromatic N) is 2. The molecule has 0 bridgehead atoms. The van der Waals surface area contributed by atoms with E-state index in [9.17, 15) is 9.59 Å². The Morgan fingerprint density at radius 2 is 2.07 bits per heavy atom. The average Bonchev–Trinajstić information content (AvgIpc) is 3.01. The molecule has 0 aliphatic heterocycles. The van der Waals surface area contributed by atoms with Gasteiger partial charge in [0.25, 0.3) is 11.5 Å². The molecule has 2 heterocycles. The number of hydrogen-bond acceptors (Lipinski definition) is 6. The minimum absolute atomic E-state index is 0.162. The second kappa shape index (κ2) is 7.53. The Labute approximate surface area is 155 Å². The molecular formula is C19H21N3O5. The van der Waals surface area contributed by atoms with Crippen LogP contribution < -0.4 is 20.3 Å². The molecule has 0 unspecified atom stereocenters. The highest BCUT2D eigenvalue weighted by molar-refractivity contribution is 6.06. The molecular weight excluding hydrogens is 350 g/mol. The van der Waals surface area contributed by atoms with Crippen molar-refractivity contribution in [3.05, 3.63) is 51.8 Å². The minimum Gasteiger partial charge on any atom is -0.497 e. The highest BCUT2D eigenvalue weighted by Gasteiger charge is 2.22. The standard InChI is InChI=1S/C19H21N3O5/c1-11-15(16-18(27-11)21-10-22(2)19(16)24)17(23)20-8-7-12-9-13(25-3)5-6-14(12)26-4/h5-6,9-10H,7-8H2,1-4H3,(H,20,23). The van der Waals surface area contributed by atoms with Crippen LogP contribution >= 0.6 is 0 Å². The fourth-order valence-electron chi connectivity index (χ4n) is 2.94. The number of carbonyl (C=O) groups excluding carboxylic acids is 1. The van der Waals surface area contributed by atoms with E-state index in [1.807, 2.05) is 18.2 Å². The Morgan fingerprint density at radius 3 is 2.78 bits per heavy atom. The van der Waals surface area contributed by atoms with E-state index in [1.165, 1.54) is 10.9 Å². The van der Waals surface area contributed by atoms with Gasteiger partial charge in [-0.2, -0.15) is 0 Å². The van der Waals surface area contributed by atoms with Gasteiger partial charge in [-0.15, -0.1) is 0 Å². The van der Waals surface area contributed by atoms with Crippen LogP contribution in [-0.2, 0) is 13.5 Å². The second-order valence-electron chi connectivity index (χ2n) is 6.06. The number of aryl methyl sites for hydroxylation is 2. The summed E-state index contributed by atoms with van der Waals surface area (Å²) in [5.74, 6) is 1.41. The van der Waals surface area contributed by atoms with Gasteiger partial charge in [0.1, 0.15) is 29.0 Å². The van der Waals surface area contributed by atoms with Crippen LogP contribution in [0.1, 0.15) is 21.7 Å². The minimum atomic E-state index is -0.377. The Hall–Kier alpha value is -3.29. The summed E-state index contributed by atoms with van der Waals surface area (Å²) >= 11 is 0. The first-order chi connectivity index (χ1) is 13.0. The molecule has 1 amide bonds. The summed E-state index contributed by atoms with van der Waals surface area (Å²) in [6, 6.07) is 5.49. The molecule has 0 radical (unpaired) electrons. The summed E-state index contributed by atoms with van der Waals surface area (Å²) in [4.78, 5) is 29.1. The van der Waals surface area contributed by atoms with E-state index in [2.05, 4.69) is 10.3 Å². The highest BCUT2D eigenvalue weighted by Crippen LogP contribution is 2.24. The van der Waals surface area contributed by atoms with Gasteiger partial charge in [0, 0.05) is 13.6 Å². The first kappa shape index (κ1) is 18.5. The highest BCUT2D eigenvalue weighted by atomic mass is 16.5. The summed E-state index contributed by atoms with van der Waals surface area (Å²) in [5, 5.41) is 3.02. The zero-order chi connectivity index (χ0) is 19.6. The maximum Gasteiger partial charge on any atom is 0.265 e. The Balaban J connectivity index is 1.80. The predicted octanol–water partition coefficient (Wildman–Crippen LogP) is 1.82. The molecule has 142 valence electrons. The van der Waals surface area contributed by atoms with Crippen LogP contribution in [0.25, 0.3) is 11.1 Å². The topological polar surface area (TPSA) is 95.6 Å². The van der Waals surface area contributed by atoms with E-state index in [4.69, 9.17) is 13.9 Å². The van der Waals surface area contributed by atoms with Crippen molar-refractivity contribution in [2.75, 3.05) is 20.8 Å². The lowest BCUT2D eigenvalue weighted by atomic mass is 10.1. The molecule has 1 aromatic carbocycles. The lowest BCUT2D eigenvalue weighted by Crippen LogP contribution is -2.28. The molecule has 1 N–H and O–H groups in total. The summed E-state index contributed by atoms with van der Waals surface area (Å²) in [6.07, 6.45) is 1.90. The first-order valence-corrected chi connectivity index (χ1v) is 8.40. The second-order valence-corrected chi connectivity index (χ2v) is 6.06. The van der Waals surface area contributed by atoms with Gasteiger partial charge in [-0.05, 0) is 37.1 Å². The number of ether oxygens (including phenoxy) is 2. The molecule has 3 aromatic rings. The van der Waals surface area contributed by atoms with Crippen molar-refractivity contribution in [1.82, 2.24) is 14.9 Å². The fraction of sp³-hybridized carbons (Fsp3) is 0.316. The van der Waals surface area contributed by atoms with E-state index >= 15 is 0 Å². The van der Waals surface area contributed by atoms with E-state index in [1.54, 1.807) is 28.2 Å². The number of fused-ring (bicyclic) bond motifs is 1. The van der Waals surface area contributed by atoms with Gasteiger partial charge in [-0.25, -0.2) is 4.98 Å². The maximum atomic E-state index is 12.7. The Kier molecular flexibility index (Phi) is 5.16. The zero-order valence-corrected chi connectivity index (χ0v) is 15.7. The third-order valence-corrected chi connectivity index (χ3v) is 4.34. The number of benzene rings is 1. The van der Waals surface area contributed by atoms with Crippen LogP contribution in [-0.4, -0.2) is 36.2 Å². The molecule has 2 aromatic heterocycles. The van der Waals surface area contributed by atoms with Gasteiger partial charge in [-0.3, -0.25) is 9.59 Å². The van der Waals surface area contributed by atoms with Crippen molar-refractivity contribution < 1.29 is 18.7 Å². The number of nitrogens with one attached hydrogen (secondary N) is 1. The Bertz CT molecular complexity index is 1050. The summed E-state index contributed by atoms with van der Waals surface area (Å²) < 4.78 is 17.4. The van der Waals surface area contributed by atoms with Gasteiger partial charge in [0.2, 0.25) is 5.71 Å². The number of rotatable bonds is 6. The lowest BCUT2D eigenvalue weighted by Gasteiger charge is -2.11. The number of aromatic nitrogens is 2. The van der Waals surface area contributed by atoms with Crippen molar-refractivity contribution >= 4 is 17.0 Å². The van der Waals surface area contributed by atoms with Gasteiger partial charge in [0.15, 0.2) is 0 Å². The summed E-state index contributed by atoms with van der Waals surface area (Å²) in [7, 11) is 4.76. The van der Waals surface area contributed by atoms with Crippen LogP contribution in [0.4, 0.5) is 0 Å². The van der Waals surface area contributed by atoms with Gasteiger partial charge in [-0.1, -0.05) is 0 Å². The molecule has 8 heteroatoms. The molecule has 8 nitrogen and oxygen atoms in total. The molecule has 0 spiro atoms.